The van der Waals surface area contributed by atoms with Crippen molar-refractivity contribution in [2.45, 2.75) is 25.8 Å². The second-order valence-electron chi connectivity index (χ2n) is 2.22. The third-order valence-electron chi connectivity index (χ3n) is 1.60. The van der Waals surface area contributed by atoms with Crippen LogP contribution in [0.2, 0.25) is 0 Å². The zero-order valence-electron chi connectivity index (χ0n) is 5.35. The molecule has 1 heterocycles. The fraction of sp³-hybridized carbons (Fsp3) is 0.714. The molecule has 0 aromatic heterocycles. The summed E-state index contributed by atoms with van der Waals surface area (Å²) in [4.78, 5) is 0. The summed E-state index contributed by atoms with van der Waals surface area (Å²) in [6.07, 6.45) is 6.91. The van der Waals surface area contributed by atoms with Crippen molar-refractivity contribution in [1.29, 1.82) is 0 Å². The van der Waals surface area contributed by atoms with Gasteiger partial charge in [-0.3, -0.25) is 0 Å². The Morgan fingerprint density at radius 1 is 1.62 bits per heavy atom. The second-order valence-corrected chi connectivity index (χ2v) is 2.22. The van der Waals surface area contributed by atoms with Crippen molar-refractivity contribution in [3.63, 3.8) is 0 Å². The van der Waals surface area contributed by atoms with E-state index in [9.17, 15) is 0 Å². The van der Waals surface area contributed by atoms with E-state index in [0.29, 0.717) is 0 Å². The average molecular weight is 111 g/mol. The highest BCUT2D eigenvalue weighted by atomic mass is 14.9. The molecule has 1 aliphatic rings. The minimum Gasteiger partial charge on any atom is -0.310 e. The maximum absolute atomic E-state index is 3.38. The van der Waals surface area contributed by atoms with Gasteiger partial charge in [0.15, 0.2) is 0 Å². The molecule has 0 fully saturated rings. The van der Waals surface area contributed by atoms with Crippen LogP contribution in [0.5, 0.6) is 0 Å². The standard InChI is InChI=1S/C7H13N/c1-2-7-5-3-4-6-8-7/h3-4,7-8H,2,5-6H2,1H3. The molecule has 1 heteroatoms. The van der Waals surface area contributed by atoms with Gasteiger partial charge >= 0.3 is 0 Å². The minimum absolute atomic E-state index is 0.750. The van der Waals surface area contributed by atoms with E-state index in [4.69, 9.17) is 0 Å². The molecule has 1 rings (SSSR count). The summed E-state index contributed by atoms with van der Waals surface area (Å²) in [5.41, 5.74) is 0. The smallest absolute Gasteiger partial charge is 0.0137 e. The van der Waals surface area contributed by atoms with Crippen LogP contribution in [0.4, 0.5) is 0 Å². The van der Waals surface area contributed by atoms with Crippen molar-refractivity contribution in [2.24, 2.45) is 0 Å². The maximum atomic E-state index is 3.38. The van der Waals surface area contributed by atoms with Crippen LogP contribution in [-0.4, -0.2) is 12.6 Å². The summed E-state index contributed by atoms with van der Waals surface area (Å²) in [7, 11) is 0. The molecule has 8 heavy (non-hydrogen) atoms. The topological polar surface area (TPSA) is 12.0 Å². The Balaban J connectivity index is 2.27. The molecule has 0 aromatic carbocycles. The van der Waals surface area contributed by atoms with E-state index in [-0.39, 0.29) is 0 Å². The summed E-state index contributed by atoms with van der Waals surface area (Å²) in [5, 5.41) is 3.38. The minimum atomic E-state index is 0.750. The summed E-state index contributed by atoms with van der Waals surface area (Å²) in [5.74, 6) is 0. The van der Waals surface area contributed by atoms with E-state index in [2.05, 4.69) is 24.4 Å². The molecule has 0 spiro atoms. The third kappa shape index (κ3) is 1.34. The molecule has 1 nitrogen and oxygen atoms in total. The zero-order chi connectivity index (χ0) is 5.82. The van der Waals surface area contributed by atoms with Crippen molar-refractivity contribution >= 4 is 0 Å². The normalized spacial score (nSPS) is 28.4. The molecule has 1 N–H and O–H groups in total. The van der Waals surface area contributed by atoms with Crippen LogP contribution >= 0.6 is 0 Å². The first-order valence-corrected chi connectivity index (χ1v) is 3.32. The van der Waals surface area contributed by atoms with Gasteiger partial charge in [0.25, 0.3) is 0 Å². The fourth-order valence-corrected chi connectivity index (χ4v) is 0.973. The van der Waals surface area contributed by atoms with Gasteiger partial charge in [-0.05, 0) is 12.8 Å². The highest BCUT2D eigenvalue weighted by Gasteiger charge is 2.03. The lowest BCUT2D eigenvalue weighted by molar-refractivity contribution is 0.514. The van der Waals surface area contributed by atoms with E-state index in [1.54, 1.807) is 0 Å². The molecule has 0 aliphatic carbocycles. The molecule has 1 unspecified atom stereocenters. The van der Waals surface area contributed by atoms with Crippen molar-refractivity contribution in [3.05, 3.63) is 12.2 Å². The fourth-order valence-electron chi connectivity index (χ4n) is 0.973. The van der Waals surface area contributed by atoms with Gasteiger partial charge in [0.1, 0.15) is 0 Å². The Morgan fingerprint density at radius 3 is 2.88 bits per heavy atom. The quantitative estimate of drug-likeness (QED) is 0.503. The molecular weight excluding hydrogens is 98.1 g/mol. The van der Waals surface area contributed by atoms with Gasteiger partial charge in [0.2, 0.25) is 0 Å². The Labute approximate surface area is 50.8 Å². The van der Waals surface area contributed by atoms with E-state index in [0.717, 1.165) is 12.6 Å². The molecule has 46 valence electrons. The Bertz CT molecular complexity index is 86.4. The van der Waals surface area contributed by atoms with Gasteiger partial charge in [-0.2, -0.15) is 0 Å². The number of rotatable bonds is 1. The first kappa shape index (κ1) is 5.83. The average Bonchev–Trinajstić information content (AvgIpc) is 1.90. The lowest BCUT2D eigenvalue weighted by Gasteiger charge is -2.16. The van der Waals surface area contributed by atoms with Gasteiger partial charge < -0.3 is 5.32 Å². The van der Waals surface area contributed by atoms with E-state index in [1.165, 1.54) is 12.8 Å². The Hall–Kier alpha value is -0.300. The molecule has 0 amide bonds. The van der Waals surface area contributed by atoms with Crippen LogP contribution in [0.15, 0.2) is 12.2 Å². The lowest BCUT2D eigenvalue weighted by atomic mass is 10.1. The maximum Gasteiger partial charge on any atom is 0.0137 e. The van der Waals surface area contributed by atoms with E-state index >= 15 is 0 Å². The van der Waals surface area contributed by atoms with Gasteiger partial charge in [0, 0.05) is 12.6 Å². The molecule has 0 saturated heterocycles. The predicted octanol–water partition coefficient (Wildman–Crippen LogP) is 1.31. The lowest BCUT2D eigenvalue weighted by Crippen LogP contribution is -2.30. The monoisotopic (exact) mass is 111 g/mol. The molecule has 0 aromatic rings. The van der Waals surface area contributed by atoms with Crippen LogP contribution in [-0.2, 0) is 0 Å². The van der Waals surface area contributed by atoms with E-state index < -0.39 is 0 Å². The van der Waals surface area contributed by atoms with Crippen LogP contribution in [0.25, 0.3) is 0 Å². The third-order valence-corrected chi connectivity index (χ3v) is 1.60. The number of nitrogens with one attached hydrogen (secondary N) is 1. The molecule has 1 atom stereocenters. The van der Waals surface area contributed by atoms with Gasteiger partial charge in [-0.25, -0.2) is 0 Å². The van der Waals surface area contributed by atoms with Gasteiger partial charge in [0.05, 0.1) is 0 Å². The first-order valence-electron chi connectivity index (χ1n) is 3.32. The molecule has 1 aliphatic heterocycles. The predicted molar refractivity (Wildman–Crippen MR) is 35.8 cm³/mol. The zero-order valence-corrected chi connectivity index (χ0v) is 5.35. The van der Waals surface area contributed by atoms with Gasteiger partial charge in [-0.1, -0.05) is 19.1 Å². The summed E-state index contributed by atoms with van der Waals surface area (Å²) in [6.45, 7) is 3.29. The van der Waals surface area contributed by atoms with Gasteiger partial charge in [-0.15, -0.1) is 0 Å². The second kappa shape index (κ2) is 2.88. The number of hydrogen-bond donors (Lipinski definition) is 1. The largest absolute Gasteiger partial charge is 0.310 e. The highest BCUT2D eigenvalue weighted by molar-refractivity contribution is 4.93. The van der Waals surface area contributed by atoms with Crippen LogP contribution in [0, 0.1) is 0 Å². The summed E-state index contributed by atoms with van der Waals surface area (Å²) >= 11 is 0. The summed E-state index contributed by atoms with van der Waals surface area (Å²) in [6, 6.07) is 0.750. The Morgan fingerprint density at radius 2 is 2.50 bits per heavy atom. The molecule has 0 radical (unpaired) electrons. The van der Waals surface area contributed by atoms with Crippen LogP contribution in [0.1, 0.15) is 19.8 Å². The molecule has 0 saturated carbocycles. The van der Waals surface area contributed by atoms with Crippen molar-refractivity contribution in [3.8, 4) is 0 Å². The highest BCUT2D eigenvalue weighted by Crippen LogP contribution is 2.01. The molecule has 0 bridgehead atoms. The van der Waals surface area contributed by atoms with Crippen molar-refractivity contribution in [2.75, 3.05) is 6.54 Å². The van der Waals surface area contributed by atoms with E-state index in [1.807, 2.05) is 0 Å². The first-order chi connectivity index (χ1) is 3.93. The number of hydrogen-bond acceptors (Lipinski definition) is 1. The SMILES string of the molecule is CCC1CC=CCN1. The van der Waals surface area contributed by atoms with Crippen LogP contribution in [0.3, 0.4) is 0 Å². The van der Waals surface area contributed by atoms with Crippen molar-refractivity contribution in [1.82, 2.24) is 5.32 Å². The Kier molecular flexibility index (Phi) is 2.10. The summed E-state index contributed by atoms with van der Waals surface area (Å²) < 4.78 is 0. The van der Waals surface area contributed by atoms with Crippen molar-refractivity contribution < 1.29 is 0 Å². The molecular formula is C7H13N. The van der Waals surface area contributed by atoms with Crippen LogP contribution < -0.4 is 5.32 Å².